The summed E-state index contributed by atoms with van der Waals surface area (Å²) in [4.78, 5) is 18.1. The average molecular weight is 420 g/mol. The topological polar surface area (TPSA) is 45.2 Å². The fourth-order valence-electron chi connectivity index (χ4n) is 1.48. The van der Waals surface area contributed by atoms with Crippen molar-refractivity contribution in [3.05, 3.63) is 27.6 Å². The van der Waals surface area contributed by atoms with Crippen molar-refractivity contribution in [3.8, 4) is 0 Å². The number of hydrogen-bond donors (Lipinski definition) is 1. The lowest BCUT2D eigenvalue weighted by Crippen LogP contribution is -2.34. The van der Waals surface area contributed by atoms with Gasteiger partial charge >= 0.3 is 0 Å². The first kappa shape index (κ1) is 21.2. The Hall–Kier alpha value is -0.110. The SMILES string of the molecule is CCN(CC)CCNC(=O)c1ccc(I)nc1.Cl.Cl. The molecule has 110 valence electrons. The summed E-state index contributed by atoms with van der Waals surface area (Å²) >= 11 is 2.12. The Labute approximate surface area is 140 Å². The molecule has 0 atom stereocenters. The van der Waals surface area contributed by atoms with Gasteiger partial charge in [0, 0.05) is 19.3 Å². The lowest BCUT2D eigenvalue weighted by atomic mass is 10.3. The van der Waals surface area contributed by atoms with Crippen LogP contribution in [0.15, 0.2) is 18.3 Å². The van der Waals surface area contributed by atoms with Crippen LogP contribution in [-0.2, 0) is 0 Å². The van der Waals surface area contributed by atoms with Crippen molar-refractivity contribution in [1.29, 1.82) is 0 Å². The van der Waals surface area contributed by atoms with E-state index >= 15 is 0 Å². The maximum Gasteiger partial charge on any atom is 0.252 e. The third-order valence-electron chi connectivity index (χ3n) is 2.60. The fraction of sp³-hybridized carbons (Fsp3) is 0.500. The van der Waals surface area contributed by atoms with Crippen LogP contribution in [0.5, 0.6) is 0 Å². The summed E-state index contributed by atoms with van der Waals surface area (Å²) in [6.07, 6.45) is 1.61. The number of carbonyl (C=O) groups excluding carboxylic acids is 1. The number of likely N-dealkylation sites (N-methyl/N-ethyl adjacent to an activating group) is 1. The molecule has 4 nitrogen and oxygen atoms in total. The van der Waals surface area contributed by atoms with Crippen LogP contribution in [0.25, 0.3) is 0 Å². The summed E-state index contributed by atoms with van der Waals surface area (Å²) in [6.45, 7) is 7.82. The molecule has 1 N–H and O–H groups in total. The van der Waals surface area contributed by atoms with E-state index in [9.17, 15) is 4.79 Å². The molecular formula is C12H20Cl2IN3O. The predicted octanol–water partition coefficient (Wildman–Crippen LogP) is 2.60. The molecule has 1 rings (SSSR count). The number of nitrogens with one attached hydrogen (secondary N) is 1. The zero-order valence-corrected chi connectivity index (χ0v) is 14.8. The van der Waals surface area contributed by atoms with E-state index in [1.165, 1.54) is 0 Å². The molecule has 0 aliphatic rings. The van der Waals surface area contributed by atoms with Crippen LogP contribution < -0.4 is 5.32 Å². The van der Waals surface area contributed by atoms with E-state index in [1.54, 1.807) is 12.3 Å². The lowest BCUT2D eigenvalue weighted by Gasteiger charge is -2.17. The van der Waals surface area contributed by atoms with Gasteiger partial charge in [-0.2, -0.15) is 0 Å². The van der Waals surface area contributed by atoms with E-state index in [1.807, 2.05) is 6.07 Å². The minimum absolute atomic E-state index is 0. The fourth-order valence-corrected chi connectivity index (χ4v) is 1.80. The van der Waals surface area contributed by atoms with E-state index < -0.39 is 0 Å². The van der Waals surface area contributed by atoms with Crippen LogP contribution in [0.2, 0.25) is 0 Å². The third-order valence-corrected chi connectivity index (χ3v) is 3.24. The first-order valence-electron chi connectivity index (χ1n) is 5.79. The molecule has 1 aromatic rings. The third kappa shape index (κ3) is 7.91. The number of hydrogen-bond acceptors (Lipinski definition) is 3. The number of pyridine rings is 1. The van der Waals surface area contributed by atoms with Gasteiger partial charge in [-0.25, -0.2) is 4.98 Å². The number of aromatic nitrogens is 1. The van der Waals surface area contributed by atoms with Gasteiger partial charge in [0.05, 0.1) is 5.56 Å². The Kier molecular flexibility index (Phi) is 13.0. The molecule has 1 amide bonds. The summed E-state index contributed by atoms with van der Waals surface area (Å²) in [5.41, 5.74) is 0.616. The van der Waals surface area contributed by atoms with E-state index in [0.717, 1.165) is 23.3 Å². The quantitative estimate of drug-likeness (QED) is 0.569. The minimum atomic E-state index is -0.0546. The van der Waals surface area contributed by atoms with Crippen LogP contribution in [0.1, 0.15) is 24.2 Å². The van der Waals surface area contributed by atoms with Gasteiger partial charge in [0.1, 0.15) is 3.70 Å². The van der Waals surface area contributed by atoms with Gasteiger partial charge in [-0.3, -0.25) is 4.79 Å². The highest BCUT2D eigenvalue weighted by Crippen LogP contribution is 2.02. The molecule has 0 unspecified atom stereocenters. The van der Waals surface area contributed by atoms with Crippen molar-refractivity contribution in [2.75, 3.05) is 26.2 Å². The second kappa shape index (κ2) is 11.7. The molecule has 1 aromatic heterocycles. The van der Waals surface area contributed by atoms with Gasteiger partial charge in [-0.15, -0.1) is 24.8 Å². The van der Waals surface area contributed by atoms with E-state index in [-0.39, 0.29) is 30.7 Å². The molecule has 0 spiro atoms. The monoisotopic (exact) mass is 419 g/mol. The minimum Gasteiger partial charge on any atom is -0.351 e. The number of carbonyl (C=O) groups is 1. The number of rotatable bonds is 6. The summed E-state index contributed by atoms with van der Waals surface area (Å²) in [5.74, 6) is -0.0546. The predicted molar refractivity (Wildman–Crippen MR) is 91.6 cm³/mol. The van der Waals surface area contributed by atoms with Gasteiger partial charge in [-0.05, 0) is 47.8 Å². The Morgan fingerprint density at radius 2 is 1.95 bits per heavy atom. The summed E-state index contributed by atoms with van der Waals surface area (Å²) < 4.78 is 0.891. The smallest absolute Gasteiger partial charge is 0.252 e. The first-order chi connectivity index (χ1) is 8.17. The van der Waals surface area contributed by atoms with Crippen LogP contribution >= 0.6 is 47.4 Å². The van der Waals surface area contributed by atoms with Gasteiger partial charge in [0.25, 0.3) is 5.91 Å². The van der Waals surface area contributed by atoms with Gasteiger partial charge in [0.2, 0.25) is 0 Å². The standard InChI is InChI=1S/C12H18IN3O.2ClH/c1-3-16(4-2)8-7-14-12(17)10-5-6-11(13)15-9-10;;/h5-6,9H,3-4,7-8H2,1-2H3,(H,14,17);2*1H. The zero-order chi connectivity index (χ0) is 12.7. The van der Waals surface area contributed by atoms with E-state index in [4.69, 9.17) is 0 Å². The molecule has 0 aromatic carbocycles. The van der Waals surface area contributed by atoms with Crippen LogP contribution in [0, 0.1) is 3.70 Å². The van der Waals surface area contributed by atoms with Crippen molar-refractivity contribution < 1.29 is 4.79 Å². The Bertz CT molecular complexity index is 358. The zero-order valence-electron chi connectivity index (χ0n) is 11.1. The molecule has 0 saturated carbocycles. The summed E-state index contributed by atoms with van der Waals surface area (Å²) in [5, 5.41) is 2.89. The lowest BCUT2D eigenvalue weighted by molar-refractivity contribution is 0.0948. The Morgan fingerprint density at radius 3 is 2.42 bits per heavy atom. The largest absolute Gasteiger partial charge is 0.351 e. The molecule has 7 heteroatoms. The molecule has 0 aliphatic heterocycles. The highest BCUT2D eigenvalue weighted by molar-refractivity contribution is 14.1. The van der Waals surface area contributed by atoms with Gasteiger partial charge in [-0.1, -0.05) is 13.8 Å². The maximum absolute atomic E-state index is 11.7. The van der Waals surface area contributed by atoms with Crippen molar-refractivity contribution in [2.45, 2.75) is 13.8 Å². The molecule has 0 radical (unpaired) electrons. The summed E-state index contributed by atoms with van der Waals surface area (Å²) in [6, 6.07) is 3.63. The highest BCUT2D eigenvalue weighted by atomic mass is 127. The summed E-state index contributed by atoms with van der Waals surface area (Å²) in [7, 11) is 0. The molecule has 0 bridgehead atoms. The van der Waals surface area contributed by atoms with E-state index in [2.05, 4.69) is 51.6 Å². The van der Waals surface area contributed by atoms with Crippen LogP contribution in [0.3, 0.4) is 0 Å². The molecule has 1 heterocycles. The van der Waals surface area contributed by atoms with Gasteiger partial charge in [0.15, 0.2) is 0 Å². The Morgan fingerprint density at radius 1 is 1.32 bits per heavy atom. The molecular weight excluding hydrogens is 400 g/mol. The maximum atomic E-state index is 11.7. The number of halogens is 3. The van der Waals surface area contributed by atoms with Gasteiger partial charge < -0.3 is 10.2 Å². The molecule has 0 saturated heterocycles. The van der Waals surface area contributed by atoms with Crippen molar-refractivity contribution in [1.82, 2.24) is 15.2 Å². The van der Waals surface area contributed by atoms with E-state index in [0.29, 0.717) is 12.1 Å². The molecule has 0 aliphatic carbocycles. The second-order valence-corrected chi connectivity index (χ2v) is 4.76. The normalized spacial score (nSPS) is 9.47. The molecule has 0 fully saturated rings. The van der Waals surface area contributed by atoms with Crippen molar-refractivity contribution >= 4 is 53.3 Å². The Balaban J connectivity index is 0. The number of nitrogens with zero attached hydrogens (tertiary/aromatic N) is 2. The average Bonchev–Trinajstić information content (AvgIpc) is 2.35. The van der Waals surface area contributed by atoms with Crippen LogP contribution in [0.4, 0.5) is 0 Å². The highest BCUT2D eigenvalue weighted by Gasteiger charge is 2.05. The first-order valence-corrected chi connectivity index (χ1v) is 6.87. The number of amides is 1. The van der Waals surface area contributed by atoms with Crippen molar-refractivity contribution in [2.24, 2.45) is 0 Å². The van der Waals surface area contributed by atoms with Crippen LogP contribution in [-0.4, -0.2) is 42.0 Å². The van der Waals surface area contributed by atoms with Crippen molar-refractivity contribution in [3.63, 3.8) is 0 Å². The molecule has 19 heavy (non-hydrogen) atoms. The second-order valence-electron chi connectivity index (χ2n) is 3.65.